The molecule has 5 heteroatoms. The normalized spacial score (nSPS) is 30.8. The Bertz CT molecular complexity index is 298. The molecule has 110 valence electrons. The number of carbonyl (C=O) groups excluding carboxylic acids is 1. The van der Waals surface area contributed by atoms with Gasteiger partial charge in [-0.25, -0.2) is 0 Å². The molecular formula is C14H26N2O3. The Morgan fingerprint density at radius 2 is 2.05 bits per heavy atom. The summed E-state index contributed by atoms with van der Waals surface area (Å²) in [5, 5.41) is 16.3. The van der Waals surface area contributed by atoms with Gasteiger partial charge in [0.25, 0.3) is 0 Å². The monoisotopic (exact) mass is 270 g/mol. The third-order valence-corrected chi connectivity index (χ3v) is 4.51. The molecule has 1 amide bonds. The van der Waals surface area contributed by atoms with E-state index in [4.69, 9.17) is 4.74 Å². The number of nitrogens with one attached hydrogen (secondary N) is 2. The summed E-state index contributed by atoms with van der Waals surface area (Å²) >= 11 is 0. The van der Waals surface area contributed by atoms with Crippen LogP contribution in [0.3, 0.4) is 0 Å². The second-order valence-electron chi connectivity index (χ2n) is 5.90. The first-order valence-corrected chi connectivity index (χ1v) is 7.37. The summed E-state index contributed by atoms with van der Waals surface area (Å²) in [7, 11) is 1.65. The van der Waals surface area contributed by atoms with Gasteiger partial charge in [-0.1, -0.05) is 12.8 Å². The summed E-state index contributed by atoms with van der Waals surface area (Å²) < 4.78 is 5.27. The van der Waals surface area contributed by atoms with E-state index in [1.807, 2.05) is 0 Å². The molecular weight excluding hydrogens is 244 g/mol. The lowest BCUT2D eigenvalue weighted by Gasteiger charge is -2.38. The van der Waals surface area contributed by atoms with E-state index in [1.165, 1.54) is 0 Å². The molecule has 2 aliphatic rings. The molecule has 2 atom stereocenters. The zero-order chi connectivity index (χ0) is 13.7. The lowest BCUT2D eigenvalue weighted by molar-refractivity contribution is -0.138. The molecule has 0 spiro atoms. The largest absolute Gasteiger partial charge is 0.391 e. The highest BCUT2D eigenvalue weighted by atomic mass is 16.5. The van der Waals surface area contributed by atoms with Gasteiger partial charge in [-0.3, -0.25) is 4.79 Å². The first-order valence-electron chi connectivity index (χ1n) is 7.37. The third kappa shape index (κ3) is 3.46. The maximum atomic E-state index is 12.6. The van der Waals surface area contributed by atoms with Crippen molar-refractivity contribution in [2.45, 2.75) is 50.7 Å². The van der Waals surface area contributed by atoms with Crippen LogP contribution >= 0.6 is 0 Å². The molecule has 0 aromatic heterocycles. The van der Waals surface area contributed by atoms with E-state index in [0.717, 1.165) is 51.6 Å². The summed E-state index contributed by atoms with van der Waals surface area (Å²) in [5.41, 5.74) is -0.419. The Morgan fingerprint density at radius 3 is 2.68 bits per heavy atom. The van der Waals surface area contributed by atoms with E-state index in [9.17, 15) is 9.90 Å². The molecule has 1 aliphatic carbocycles. The number of methoxy groups -OCH3 is 1. The Hall–Kier alpha value is -0.650. The molecule has 19 heavy (non-hydrogen) atoms. The predicted molar refractivity (Wildman–Crippen MR) is 72.8 cm³/mol. The maximum Gasteiger partial charge on any atom is 0.228 e. The molecule has 1 heterocycles. The van der Waals surface area contributed by atoms with Crippen molar-refractivity contribution in [1.29, 1.82) is 0 Å². The SMILES string of the molecule is COCC1(C(=O)N[C@H]2CCCC[C@@H]2O)CCNCC1. The van der Waals surface area contributed by atoms with Gasteiger partial charge in [0.2, 0.25) is 5.91 Å². The van der Waals surface area contributed by atoms with Crippen molar-refractivity contribution in [2.75, 3.05) is 26.8 Å². The minimum atomic E-state index is -0.419. The average Bonchev–Trinajstić information content (AvgIpc) is 2.42. The van der Waals surface area contributed by atoms with Gasteiger partial charge in [-0.15, -0.1) is 0 Å². The molecule has 2 rings (SSSR count). The van der Waals surface area contributed by atoms with Crippen LogP contribution in [-0.2, 0) is 9.53 Å². The van der Waals surface area contributed by atoms with Gasteiger partial charge in [0, 0.05) is 7.11 Å². The van der Waals surface area contributed by atoms with Gasteiger partial charge >= 0.3 is 0 Å². The van der Waals surface area contributed by atoms with Crippen LogP contribution in [0.25, 0.3) is 0 Å². The third-order valence-electron chi connectivity index (χ3n) is 4.51. The van der Waals surface area contributed by atoms with E-state index in [2.05, 4.69) is 10.6 Å². The van der Waals surface area contributed by atoms with Crippen molar-refractivity contribution >= 4 is 5.91 Å². The highest BCUT2D eigenvalue weighted by Gasteiger charge is 2.41. The molecule has 1 saturated carbocycles. The van der Waals surface area contributed by atoms with E-state index in [1.54, 1.807) is 7.11 Å². The van der Waals surface area contributed by atoms with Crippen LogP contribution in [-0.4, -0.2) is 50.0 Å². The molecule has 0 unspecified atom stereocenters. The highest BCUT2D eigenvalue weighted by molar-refractivity contribution is 5.83. The molecule has 0 radical (unpaired) electrons. The van der Waals surface area contributed by atoms with Crippen LogP contribution in [0.5, 0.6) is 0 Å². The number of rotatable bonds is 4. The average molecular weight is 270 g/mol. The Labute approximate surface area is 115 Å². The van der Waals surface area contributed by atoms with Crippen LogP contribution in [0.1, 0.15) is 38.5 Å². The van der Waals surface area contributed by atoms with Gasteiger partial charge in [0.05, 0.1) is 24.2 Å². The van der Waals surface area contributed by atoms with Gasteiger partial charge in [0.1, 0.15) is 0 Å². The molecule has 1 aliphatic heterocycles. The summed E-state index contributed by atoms with van der Waals surface area (Å²) in [4.78, 5) is 12.6. The summed E-state index contributed by atoms with van der Waals surface area (Å²) in [5.74, 6) is 0.0572. The van der Waals surface area contributed by atoms with E-state index < -0.39 is 5.41 Å². The fraction of sp³-hybridized carbons (Fsp3) is 0.929. The lowest BCUT2D eigenvalue weighted by atomic mass is 9.78. The van der Waals surface area contributed by atoms with Crippen molar-refractivity contribution in [3.8, 4) is 0 Å². The number of amides is 1. The number of ether oxygens (including phenoxy) is 1. The number of hydrogen-bond donors (Lipinski definition) is 3. The number of aliphatic hydroxyl groups excluding tert-OH is 1. The number of hydrogen-bond acceptors (Lipinski definition) is 4. The van der Waals surface area contributed by atoms with Crippen LogP contribution in [0, 0.1) is 5.41 Å². The van der Waals surface area contributed by atoms with Crippen LogP contribution in [0.15, 0.2) is 0 Å². The second kappa shape index (κ2) is 6.68. The molecule has 0 bridgehead atoms. The van der Waals surface area contributed by atoms with Crippen molar-refractivity contribution in [1.82, 2.24) is 10.6 Å². The van der Waals surface area contributed by atoms with E-state index >= 15 is 0 Å². The fourth-order valence-electron chi connectivity index (χ4n) is 3.22. The zero-order valence-corrected chi connectivity index (χ0v) is 11.8. The van der Waals surface area contributed by atoms with Crippen molar-refractivity contribution in [3.05, 3.63) is 0 Å². The van der Waals surface area contributed by atoms with Crippen LogP contribution in [0.4, 0.5) is 0 Å². The minimum absolute atomic E-state index is 0.0572. The molecule has 3 N–H and O–H groups in total. The lowest BCUT2D eigenvalue weighted by Crippen LogP contribution is -2.55. The Kier molecular flexibility index (Phi) is 5.19. The summed E-state index contributed by atoms with van der Waals surface area (Å²) in [6, 6.07) is -0.0788. The van der Waals surface area contributed by atoms with Gasteiger partial charge in [-0.2, -0.15) is 0 Å². The fourth-order valence-corrected chi connectivity index (χ4v) is 3.22. The first-order chi connectivity index (χ1) is 9.18. The maximum absolute atomic E-state index is 12.6. The topological polar surface area (TPSA) is 70.6 Å². The van der Waals surface area contributed by atoms with Gasteiger partial charge < -0.3 is 20.5 Å². The number of carbonyl (C=O) groups is 1. The summed E-state index contributed by atoms with van der Waals surface area (Å²) in [6.45, 7) is 2.16. The molecule has 2 fully saturated rings. The smallest absolute Gasteiger partial charge is 0.228 e. The molecule has 0 aromatic carbocycles. The van der Waals surface area contributed by atoms with E-state index in [-0.39, 0.29) is 18.1 Å². The van der Waals surface area contributed by atoms with Gasteiger partial charge in [0.15, 0.2) is 0 Å². The van der Waals surface area contributed by atoms with Crippen molar-refractivity contribution in [3.63, 3.8) is 0 Å². The van der Waals surface area contributed by atoms with Crippen molar-refractivity contribution < 1.29 is 14.6 Å². The number of aliphatic hydroxyl groups is 1. The molecule has 0 aromatic rings. The summed E-state index contributed by atoms with van der Waals surface area (Å²) in [6.07, 6.45) is 5.03. The van der Waals surface area contributed by atoms with Crippen LogP contribution in [0.2, 0.25) is 0 Å². The second-order valence-corrected chi connectivity index (χ2v) is 5.90. The van der Waals surface area contributed by atoms with Gasteiger partial charge in [-0.05, 0) is 38.8 Å². The first kappa shape index (κ1) is 14.8. The Balaban J connectivity index is 1.98. The minimum Gasteiger partial charge on any atom is -0.391 e. The quantitative estimate of drug-likeness (QED) is 0.692. The predicted octanol–water partition coefficient (Wildman–Crippen LogP) is 0.422. The molecule has 1 saturated heterocycles. The van der Waals surface area contributed by atoms with E-state index in [0.29, 0.717) is 6.61 Å². The number of piperidine rings is 1. The van der Waals surface area contributed by atoms with Crippen LogP contribution < -0.4 is 10.6 Å². The van der Waals surface area contributed by atoms with Crippen molar-refractivity contribution in [2.24, 2.45) is 5.41 Å². The highest BCUT2D eigenvalue weighted by Crippen LogP contribution is 2.30. The molecule has 5 nitrogen and oxygen atoms in total. The standard InChI is InChI=1S/C14H26N2O3/c1-19-10-14(6-8-15-9-7-14)13(18)16-11-4-2-3-5-12(11)17/h11-12,15,17H,2-10H2,1H3,(H,16,18)/t11-,12-/m0/s1. The Morgan fingerprint density at radius 1 is 1.37 bits per heavy atom. The zero-order valence-electron chi connectivity index (χ0n) is 11.8.